The van der Waals surface area contributed by atoms with Gasteiger partial charge in [-0.1, -0.05) is 65.2 Å². The van der Waals surface area contributed by atoms with E-state index in [2.05, 4.69) is 46.1 Å². The number of methoxy groups -OCH3 is 2. The summed E-state index contributed by atoms with van der Waals surface area (Å²) in [6.45, 7) is 17.2. The second kappa shape index (κ2) is 10.5. The van der Waals surface area contributed by atoms with Crippen LogP contribution in [0.2, 0.25) is 0 Å². The van der Waals surface area contributed by atoms with Gasteiger partial charge in [0.2, 0.25) is 0 Å². The Morgan fingerprint density at radius 2 is 1.73 bits per heavy atom. The van der Waals surface area contributed by atoms with Crippen LogP contribution in [0.3, 0.4) is 0 Å². The summed E-state index contributed by atoms with van der Waals surface area (Å²) < 4.78 is 11.8. The number of benzene rings is 1. The van der Waals surface area contributed by atoms with Crippen molar-refractivity contribution in [2.75, 3.05) is 14.2 Å². The highest BCUT2D eigenvalue weighted by atomic mass is 16.5. The monoisotopic (exact) mass is 414 g/mol. The summed E-state index contributed by atoms with van der Waals surface area (Å²) in [5.74, 6) is 1.59. The maximum absolute atomic E-state index is 11.1. The molecule has 1 aliphatic carbocycles. The van der Waals surface area contributed by atoms with Crippen LogP contribution >= 0.6 is 0 Å². The zero-order chi connectivity index (χ0) is 22.5. The molecule has 1 N–H and O–H groups in total. The average molecular weight is 415 g/mol. The first kappa shape index (κ1) is 24.5. The molecule has 0 spiro atoms. The van der Waals surface area contributed by atoms with Gasteiger partial charge < -0.3 is 14.6 Å². The summed E-state index contributed by atoms with van der Waals surface area (Å²) in [4.78, 5) is 0. The maximum Gasteiger partial charge on any atom is 0.126 e. The molecule has 1 aromatic rings. The summed E-state index contributed by atoms with van der Waals surface area (Å²) in [7, 11) is 3.41. The lowest BCUT2D eigenvalue weighted by Gasteiger charge is -2.39. The van der Waals surface area contributed by atoms with Gasteiger partial charge in [-0.15, -0.1) is 0 Å². The van der Waals surface area contributed by atoms with Gasteiger partial charge >= 0.3 is 0 Å². The van der Waals surface area contributed by atoms with Crippen LogP contribution in [0.1, 0.15) is 89.7 Å². The molecular formula is C27H42O3. The Morgan fingerprint density at radius 3 is 2.23 bits per heavy atom. The van der Waals surface area contributed by atoms with Crippen LogP contribution < -0.4 is 9.47 Å². The van der Waals surface area contributed by atoms with E-state index in [1.807, 2.05) is 6.92 Å². The third kappa shape index (κ3) is 5.29. The number of allylic oxidation sites excluding steroid dienone is 1. The number of ether oxygens (including phenoxy) is 2. The molecule has 0 aromatic heterocycles. The second-order valence-corrected chi connectivity index (χ2v) is 9.61. The molecule has 0 heterocycles. The largest absolute Gasteiger partial charge is 0.496 e. The Balaban J connectivity index is 2.50. The highest BCUT2D eigenvalue weighted by molar-refractivity contribution is 5.54. The van der Waals surface area contributed by atoms with Crippen molar-refractivity contribution in [2.45, 2.75) is 90.1 Å². The van der Waals surface area contributed by atoms with E-state index in [-0.39, 0.29) is 17.3 Å². The van der Waals surface area contributed by atoms with Gasteiger partial charge in [-0.2, -0.15) is 0 Å². The molecule has 30 heavy (non-hydrogen) atoms. The predicted octanol–water partition coefficient (Wildman–Crippen LogP) is 6.94. The quantitative estimate of drug-likeness (QED) is 0.333. The van der Waals surface area contributed by atoms with Gasteiger partial charge in [0.05, 0.1) is 20.3 Å². The summed E-state index contributed by atoms with van der Waals surface area (Å²) in [5.41, 5.74) is 4.13. The van der Waals surface area contributed by atoms with Crippen LogP contribution in [-0.2, 0) is 5.41 Å². The Morgan fingerprint density at radius 1 is 1.13 bits per heavy atom. The molecule has 168 valence electrons. The van der Waals surface area contributed by atoms with Gasteiger partial charge in [-0.3, -0.25) is 0 Å². The van der Waals surface area contributed by atoms with E-state index in [1.165, 1.54) is 31.2 Å². The fraction of sp³-hybridized carbons (Fsp3) is 0.630. The highest BCUT2D eigenvalue weighted by Gasteiger charge is 2.40. The number of aliphatic hydroxyl groups excluding tert-OH is 1. The van der Waals surface area contributed by atoms with Gasteiger partial charge in [0.25, 0.3) is 0 Å². The smallest absolute Gasteiger partial charge is 0.126 e. The van der Waals surface area contributed by atoms with Crippen molar-refractivity contribution in [3.8, 4) is 11.5 Å². The Bertz CT molecular complexity index is 721. The fourth-order valence-electron chi connectivity index (χ4n) is 4.85. The van der Waals surface area contributed by atoms with Gasteiger partial charge in [0.15, 0.2) is 0 Å². The van der Waals surface area contributed by atoms with E-state index in [0.29, 0.717) is 0 Å². The van der Waals surface area contributed by atoms with Gasteiger partial charge in [-0.25, -0.2) is 0 Å². The molecule has 1 aromatic carbocycles. The molecule has 1 fully saturated rings. The number of unbranched alkanes of at least 4 members (excludes halogenated alkanes) is 3. The maximum atomic E-state index is 11.1. The molecular weight excluding hydrogens is 372 g/mol. The Hall–Kier alpha value is -1.74. The minimum atomic E-state index is -0.629. The van der Waals surface area contributed by atoms with Crippen LogP contribution in [0.15, 0.2) is 36.4 Å². The number of aliphatic hydroxyl groups is 1. The molecule has 0 amide bonds. The predicted molar refractivity (Wildman–Crippen MR) is 127 cm³/mol. The average Bonchev–Trinajstić information content (AvgIpc) is 2.72. The van der Waals surface area contributed by atoms with Crippen molar-refractivity contribution in [2.24, 2.45) is 5.92 Å². The van der Waals surface area contributed by atoms with Crippen LogP contribution in [0.25, 0.3) is 0 Å². The minimum absolute atomic E-state index is 0.0232. The standard InChI is InChI=1S/C27H42O3/c1-9-10-11-12-15-27(5,6)20-16-22(29-7)25(23(17-20)30-8)24-21(18(2)3)14-13-19(4)26(24)28/h16-17,21,24,26,28H,2,4,9-15H2,1,3,5-8H3/t21-,24+,26?/m0/s1. The minimum Gasteiger partial charge on any atom is -0.496 e. The molecule has 0 aliphatic heterocycles. The summed E-state index contributed by atoms with van der Waals surface area (Å²) >= 11 is 0. The van der Waals surface area contributed by atoms with E-state index in [9.17, 15) is 5.11 Å². The Kier molecular flexibility index (Phi) is 8.61. The van der Waals surface area contributed by atoms with Crippen molar-refractivity contribution in [3.63, 3.8) is 0 Å². The van der Waals surface area contributed by atoms with Crippen molar-refractivity contribution >= 4 is 0 Å². The number of hydrogen-bond acceptors (Lipinski definition) is 3. The lowest BCUT2D eigenvalue weighted by atomic mass is 9.68. The molecule has 1 unspecified atom stereocenters. The first-order valence-electron chi connectivity index (χ1n) is 11.4. The normalized spacial score (nSPS) is 22.1. The molecule has 0 bridgehead atoms. The second-order valence-electron chi connectivity index (χ2n) is 9.61. The zero-order valence-electron chi connectivity index (χ0n) is 20.0. The van der Waals surface area contributed by atoms with Crippen LogP contribution in [0, 0.1) is 5.92 Å². The number of rotatable bonds is 10. The zero-order valence-corrected chi connectivity index (χ0v) is 20.0. The third-order valence-corrected chi connectivity index (χ3v) is 6.92. The lowest BCUT2D eigenvalue weighted by molar-refractivity contribution is 0.126. The van der Waals surface area contributed by atoms with Crippen molar-refractivity contribution in [1.29, 1.82) is 0 Å². The van der Waals surface area contributed by atoms with Crippen molar-refractivity contribution < 1.29 is 14.6 Å². The van der Waals surface area contributed by atoms with Crippen LogP contribution in [-0.4, -0.2) is 25.4 Å². The van der Waals surface area contributed by atoms with Crippen molar-refractivity contribution in [1.82, 2.24) is 0 Å². The third-order valence-electron chi connectivity index (χ3n) is 6.92. The first-order valence-corrected chi connectivity index (χ1v) is 11.4. The van der Waals surface area contributed by atoms with E-state index in [4.69, 9.17) is 9.47 Å². The Labute approximate surface area is 184 Å². The summed E-state index contributed by atoms with van der Waals surface area (Å²) in [6, 6.07) is 4.30. The lowest BCUT2D eigenvalue weighted by Crippen LogP contribution is -2.33. The van der Waals surface area contributed by atoms with E-state index in [1.54, 1.807) is 14.2 Å². The van der Waals surface area contributed by atoms with Gasteiger partial charge in [0, 0.05) is 11.5 Å². The summed E-state index contributed by atoms with van der Waals surface area (Å²) in [5, 5.41) is 11.1. The first-order chi connectivity index (χ1) is 14.2. The fourth-order valence-corrected chi connectivity index (χ4v) is 4.85. The summed E-state index contributed by atoms with van der Waals surface area (Å²) in [6.07, 6.45) is 7.26. The number of hydrogen-bond donors (Lipinski definition) is 1. The molecule has 3 atom stereocenters. The molecule has 1 saturated carbocycles. The molecule has 0 radical (unpaired) electrons. The van der Waals surface area contributed by atoms with E-state index >= 15 is 0 Å². The molecule has 2 rings (SSSR count). The van der Waals surface area contributed by atoms with Gasteiger partial charge in [-0.05, 0) is 60.8 Å². The van der Waals surface area contributed by atoms with E-state index in [0.717, 1.165) is 47.5 Å². The molecule has 3 nitrogen and oxygen atoms in total. The molecule has 0 saturated heterocycles. The topological polar surface area (TPSA) is 38.7 Å². The van der Waals surface area contributed by atoms with Crippen LogP contribution in [0.5, 0.6) is 11.5 Å². The van der Waals surface area contributed by atoms with Crippen LogP contribution in [0.4, 0.5) is 0 Å². The molecule has 3 heteroatoms. The van der Waals surface area contributed by atoms with Crippen molar-refractivity contribution in [3.05, 3.63) is 47.6 Å². The molecule has 1 aliphatic rings. The highest BCUT2D eigenvalue weighted by Crippen LogP contribution is 2.50. The van der Waals surface area contributed by atoms with E-state index < -0.39 is 6.10 Å². The van der Waals surface area contributed by atoms with Gasteiger partial charge in [0.1, 0.15) is 11.5 Å². The SMILES string of the molecule is C=C1CC[C@@H](C(=C)C)[C@H](c2c(OC)cc(C(C)(C)CCCCCC)cc2OC)C1O.